The average Bonchev–Trinajstić information content (AvgIpc) is 2.03. The van der Waals surface area contributed by atoms with E-state index in [1.54, 1.807) is 20.5 Å². The van der Waals surface area contributed by atoms with E-state index in [2.05, 4.69) is 9.61 Å². The summed E-state index contributed by atoms with van der Waals surface area (Å²) in [6, 6.07) is -0.564. The third kappa shape index (κ3) is 5.32. The zero-order valence-corrected chi connectivity index (χ0v) is 10.1. The summed E-state index contributed by atoms with van der Waals surface area (Å²) in [7, 11) is 0. The molecule has 2 unspecified atom stereocenters. The molecule has 0 fully saturated rings. The van der Waals surface area contributed by atoms with Crippen molar-refractivity contribution in [1.29, 1.82) is 0 Å². The van der Waals surface area contributed by atoms with Crippen LogP contribution in [0.2, 0.25) is 0 Å². The lowest BCUT2D eigenvalue weighted by atomic mass is 10.4. The van der Waals surface area contributed by atoms with E-state index >= 15 is 0 Å². The van der Waals surface area contributed by atoms with Crippen LogP contribution in [0, 0.1) is 0 Å². The minimum absolute atomic E-state index is 0.283. The van der Waals surface area contributed by atoms with Gasteiger partial charge in [-0.1, -0.05) is 0 Å². The molecule has 0 aromatic heterocycles. The molecule has 14 heavy (non-hydrogen) atoms. The van der Waals surface area contributed by atoms with E-state index in [9.17, 15) is 9.59 Å². The van der Waals surface area contributed by atoms with Crippen LogP contribution >= 0.6 is 6.42 Å². The molecule has 0 amide bonds. The zero-order chi connectivity index (χ0) is 11.2. The Kier molecular flexibility index (Phi) is 5.92. The lowest BCUT2D eigenvalue weighted by Gasteiger charge is -2.19. The van der Waals surface area contributed by atoms with Gasteiger partial charge in [0.15, 0.2) is 6.42 Å². The van der Waals surface area contributed by atoms with Gasteiger partial charge < -0.3 is 9.26 Å². The van der Waals surface area contributed by atoms with Crippen molar-refractivity contribution >= 4 is 30.7 Å². The second-order valence-corrected chi connectivity index (χ2v) is 6.90. The Balaban J connectivity index is 4.16. The number of ether oxygens (including phenoxy) is 1. The smallest absolute Gasteiger partial charge is 0.323 e. The normalized spacial score (nSPS) is 16.5. The third-order valence-corrected chi connectivity index (χ3v) is 3.23. The summed E-state index contributed by atoms with van der Waals surface area (Å²) in [5.41, 5.74) is 0. The highest BCUT2D eigenvalue weighted by Crippen LogP contribution is 2.37. The minimum atomic E-state index is -2.41. The Labute approximate surface area is 88.3 Å². The van der Waals surface area contributed by atoms with Crippen molar-refractivity contribution in [2.24, 2.45) is 0 Å². The van der Waals surface area contributed by atoms with E-state index in [1.807, 2.05) is 0 Å². The first-order valence-corrected chi connectivity index (χ1v) is 7.23. The Morgan fingerprint density at radius 2 is 2.29 bits per heavy atom. The highest BCUT2D eigenvalue weighted by Gasteiger charge is 2.20. The van der Waals surface area contributed by atoms with Crippen molar-refractivity contribution in [2.45, 2.75) is 19.9 Å². The molecule has 0 heterocycles. The van der Waals surface area contributed by atoms with Gasteiger partial charge in [0.1, 0.15) is 6.04 Å². The predicted octanol–water partition coefficient (Wildman–Crippen LogP) is 0.640. The van der Waals surface area contributed by atoms with E-state index in [-0.39, 0.29) is 6.47 Å². The Bertz CT molecular complexity index is 258. The highest BCUT2D eigenvalue weighted by atomic mass is 32.4. The van der Waals surface area contributed by atoms with Gasteiger partial charge in [-0.15, -0.1) is 0 Å². The van der Waals surface area contributed by atoms with Crippen LogP contribution < -0.4 is 5.09 Å². The van der Waals surface area contributed by atoms with E-state index in [0.717, 1.165) is 0 Å². The van der Waals surface area contributed by atoms with Gasteiger partial charge in [-0.2, -0.15) is 0 Å². The van der Waals surface area contributed by atoms with Crippen LogP contribution in [0.5, 0.6) is 0 Å². The molecular formula is C7H14NO4PS. The Hall–Kier alpha value is -0.450. The molecule has 0 bridgehead atoms. The summed E-state index contributed by atoms with van der Waals surface area (Å²) in [5, 5.41) is 2.74. The first-order valence-electron chi connectivity index (χ1n) is 4.07. The molecule has 0 saturated heterocycles. The molecule has 5 nitrogen and oxygen atoms in total. The second-order valence-electron chi connectivity index (χ2n) is 2.65. The van der Waals surface area contributed by atoms with Gasteiger partial charge in [-0.25, -0.2) is 5.09 Å². The van der Waals surface area contributed by atoms with Crippen molar-refractivity contribution in [1.82, 2.24) is 5.09 Å². The number of hydrogen-bond acceptors (Lipinski definition) is 5. The minimum Gasteiger partial charge on any atom is -0.465 e. The van der Waals surface area contributed by atoms with Crippen LogP contribution in [-0.2, 0) is 30.7 Å². The van der Waals surface area contributed by atoms with Gasteiger partial charge in [-0.05, 0) is 25.7 Å². The fourth-order valence-corrected chi connectivity index (χ4v) is 2.40. The first kappa shape index (κ1) is 13.5. The third-order valence-electron chi connectivity index (χ3n) is 1.31. The molecule has 0 rings (SSSR count). The Morgan fingerprint density at radius 3 is 2.71 bits per heavy atom. The molecule has 7 heteroatoms. The molecular weight excluding hydrogens is 225 g/mol. The van der Waals surface area contributed by atoms with E-state index in [4.69, 9.17) is 16.5 Å². The molecule has 0 aromatic carbocycles. The van der Waals surface area contributed by atoms with Crippen LogP contribution in [0.1, 0.15) is 13.8 Å². The standard InChI is InChI=1S/C7H14NO4PS/c1-4-11-7(10)6(2)8-13(3,14)12-5-9/h5-6H,4H2,1-3H3,(H,8,14). The van der Waals surface area contributed by atoms with Gasteiger partial charge in [0, 0.05) is 6.66 Å². The van der Waals surface area contributed by atoms with E-state index in [0.29, 0.717) is 6.61 Å². The van der Waals surface area contributed by atoms with E-state index < -0.39 is 18.4 Å². The van der Waals surface area contributed by atoms with Gasteiger partial charge in [-0.3, -0.25) is 9.59 Å². The molecule has 0 spiro atoms. The molecule has 0 aliphatic rings. The van der Waals surface area contributed by atoms with Crippen molar-refractivity contribution in [3.8, 4) is 0 Å². The number of esters is 1. The summed E-state index contributed by atoms with van der Waals surface area (Å²) in [6.07, 6.45) is -2.41. The average molecular weight is 239 g/mol. The van der Waals surface area contributed by atoms with Crippen LogP contribution in [0.3, 0.4) is 0 Å². The molecule has 0 aliphatic carbocycles. The lowest BCUT2D eigenvalue weighted by molar-refractivity contribution is -0.144. The van der Waals surface area contributed by atoms with Crippen LogP contribution in [0.25, 0.3) is 0 Å². The fraction of sp³-hybridized carbons (Fsp3) is 0.714. The fourth-order valence-electron chi connectivity index (χ4n) is 0.784. The number of rotatable bonds is 6. The molecule has 1 N–H and O–H groups in total. The monoisotopic (exact) mass is 239 g/mol. The van der Waals surface area contributed by atoms with Crippen molar-refractivity contribution in [3.05, 3.63) is 0 Å². The summed E-state index contributed by atoms with van der Waals surface area (Å²) >= 11 is 4.96. The highest BCUT2D eigenvalue weighted by molar-refractivity contribution is 8.11. The Morgan fingerprint density at radius 1 is 1.71 bits per heavy atom. The van der Waals surface area contributed by atoms with Crippen LogP contribution in [0.15, 0.2) is 0 Å². The van der Waals surface area contributed by atoms with E-state index in [1.165, 1.54) is 0 Å². The molecule has 82 valence electrons. The van der Waals surface area contributed by atoms with Gasteiger partial charge >= 0.3 is 5.97 Å². The first-order chi connectivity index (χ1) is 6.43. The summed E-state index contributed by atoms with van der Waals surface area (Å²) < 4.78 is 9.41. The zero-order valence-electron chi connectivity index (χ0n) is 8.35. The summed E-state index contributed by atoms with van der Waals surface area (Å²) in [4.78, 5) is 21.2. The molecule has 0 aromatic rings. The SMILES string of the molecule is CCOC(=O)C(C)NP(C)(=S)OC=O. The van der Waals surface area contributed by atoms with Crippen LogP contribution in [-0.4, -0.2) is 31.8 Å². The number of hydrogen-bond donors (Lipinski definition) is 1. The number of nitrogens with one attached hydrogen (secondary N) is 1. The quantitative estimate of drug-likeness (QED) is 0.417. The topological polar surface area (TPSA) is 64.6 Å². The van der Waals surface area contributed by atoms with Gasteiger partial charge in [0.25, 0.3) is 6.47 Å². The lowest BCUT2D eigenvalue weighted by Crippen LogP contribution is -2.33. The van der Waals surface area contributed by atoms with Crippen molar-refractivity contribution < 1.29 is 18.8 Å². The predicted molar refractivity (Wildman–Crippen MR) is 56.6 cm³/mol. The van der Waals surface area contributed by atoms with Gasteiger partial charge in [0.05, 0.1) is 6.61 Å². The van der Waals surface area contributed by atoms with Crippen molar-refractivity contribution in [2.75, 3.05) is 13.3 Å². The van der Waals surface area contributed by atoms with Crippen LogP contribution in [0.4, 0.5) is 0 Å². The summed E-state index contributed by atoms with van der Waals surface area (Å²) in [5.74, 6) is -0.405. The second kappa shape index (κ2) is 6.11. The molecule has 2 atom stereocenters. The van der Waals surface area contributed by atoms with Crippen molar-refractivity contribution in [3.63, 3.8) is 0 Å². The molecule has 0 saturated carbocycles. The maximum Gasteiger partial charge on any atom is 0.323 e. The van der Waals surface area contributed by atoms with Gasteiger partial charge in [0.2, 0.25) is 0 Å². The summed E-state index contributed by atoms with van der Waals surface area (Å²) in [6.45, 7) is 5.50. The molecule has 0 radical (unpaired) electrons. The largest absolute Gasteiger partial charge is 0.465 e. The number of carbonyl (C=O) groups is 2. The number of carbonyl (C=O) groups excluding carboxylic acids is 2. The molecule has 0 aliphatic heterocycles. The maximum absolute atomic E-state index is 11.2. The maximum atomic E-state index is 11.2.